The number of rotatable bonds is 6. The molecule has 1 atom stereocenters. The predicted molar refractivity (Wildman–Crippen MR) is 105 cm³/mol. The van der Waals surface area contributed by atoms with Gasteiger partial charge in [0.05, 0.1) is 18.8 Å². The Labute approximate surface area is 163 Å². The number of ether oxygens (including phenoxy) is 2. The molecule has 0 spiro atoms. The third-order valence-corrected chi connectivity index (χ3v) is 4.45. The normalized spacial score (nSPS) is 14.8. The number of benzene rings is 2. The summed E-state index contributed by atoms with van der Waals surface area (Å²) in [4.78, 5) is 37.3. The number of esters is 1. The highest BCUT2D eigenvalue weighted by molar-refractivity contribution is 5.97. The molecule has 2 aromatic rings. The van der Waals surface area contributed by atoms with Crippen LogP contribution in [0.15, 0.2) is 48.5 Å². The fraction of sp³-hybridized carbons (Fsp3) is 0.286. The second kappa shape index (κ2) is 9.14. The minimum atomic E-state index is -0.961. The fourth-order valence-electron chi connectivity index (χ4n) is 2.80. The Morgan fingerprint density at radius 3 is 2.32 bits per heavy atom. The highest BCUT2D eigenvalue weighted by Gasteiger charge is 2.19. The van der Waals surface area contributed by atoms with Crippen LogP contribution in [0.2, 0.25) is 0 Å². The minimum absolute atomic E-state index is 0.278. The zero-order valence-electron chi connectivity index (χ0n) is 15.6. The van der Waals surface area contributed by atoms with Crippen LogP contribution in [0, 0.1) is 0 Å². The van der Waals surface area contributed by atoms with Gasteiger partial charge in [0.1, 0.15) is 6.29 Å². The van der Waals surface area contributed by atoms with Crippen molar-refractivity contribution in [2.24, 2.45) is 0 Å². The van der Waals surface area contributed by atoms with Crippen molar-refractivity contribution >= 4 is 29.5 Å². The van der Waals surface area contributed by atoms with Crippen molar-refractivity contribution in [1.82, 2.24) is 0 Å². The molecule has 1 fully saturated rings. The maximum Gasteiger partial charge on any atom is 0.338 e. The van der Waals surface area contributed by atoms with Crippen LogP contribution in [0.4, 0.5) is 11.4 Å². The van der Waals surface area contributed by atoms with Crippen LogP contribution in [0.25, 0.3) is 0 Å². The molecular weight excluding hydrogens is 360 g/mol. The number of anilines is 2. The highest BCUT2D eigenvalue weighted by Crippen LogP contribution is 2.19. The number of nitrogens with one attached hydrogen (secondary N) is 1. The largest absolute Gasteiger partial charge is 0.449 e. The van der Waals surface area contributed by atoms with Gasteiger partial charge in [0.2, 0.25) is 0 Å². The third kappa shape index (κ3) is 4.95. The van der Waals surface area contributed by atoms with Gasteiger partial charge in [-0.3, -0.25) is 9.59 Å². The smallest absolute Gasteiger partial charge is 0.338 e. The first-order valence-corrected chi connectivity index (χ1v) is 9.06. The Morgan fingerprint density at radius 1 is 1.07 bits per heavy atom. The predicted octanol–water partition coefficient (Wildman–Crippen LogP) is 2.52. The average molecular weight is 382 g/mol. The monoisotopic (exact) mass is 382 g/mol. The second-order valence-corrected chi connectivity index (χ2v) is 6.42. The van der Waals surface area contributed by atoms with Crippen LogP contribution < -0.4 is 10.2 Å². The van der Waals surface area contributed by atoms with E-state index >= 15 is 0 Å². The summed E-state index contributed by atoms with van der Waals surface area (Å²) >= 11 is 0. The lowest BCUT2D eigenvalue weighted by Gasteiger charge is -2.28. The van der Waals surface area contributed by atoms with Crippen molar-refractivity contribution in [3.63, 3.8) is 0 Å². The number of aldehydes is 1. The molecule has 1 aliphatic heterocycles. The van der Waals surface area contributed by atoms with Gasteiger partial charge in [0, 0.05) is 30.0 Å². The van der Waals surface area contributed by atoms with Gasteiger partial charge in [-0.25, -0.2) is 4.79 Å². The van der Waals surface area contributed by atoms with Gasteiger partial charge in [0.25, 0.3) is 5.91 Å². The van der Waals surface area contributed by atoms with Crippen molar-refractivity contribution in [3.8, 4) is 0 Å². The summed E-state index contributed by atoms with van der Waals surface area (Å²) in [5, 5.41) is 2.74. The molecule has 146 valence electrons. The number of nitrogens with zero attached hydrogens (tertiary/aromatic N) is 1. The third-order valence-electron chi connectivity index (χ3n) is 4.45. The fourth-order valence-corrected chi connectivity index (χ4v) is 2.80. The van der Waals surface area contributed by atoms with E-state index in [4.69, 9.17) is 9.47 Å². The van der Waals surface area contributed by atoms with Crippen LogP contribution >= 0.6 is 0 Å². The average Bonchev–Trinajstić information content (AvgIpc) is 2.75. The molecule has 0 aromatic heterocycles. The molecule has 0 unspecified atom stereocenters. The van der Waals surface area contributed by atoms with Crippen molar-refractivity contribution in [1.29, 1.82) is 0 Å². The van der Waals surface area contributed by atoms with E-state index in [1.165, 1.54) is 31.2 Å². The standard InChI is InChI=1S/C21H22N2O5/c1-15(28-21(26)17-4-2-16(14-24)3-5-17)20(25)22-18-6-8-19(9-7-18)23-10-12-27-13-11-23/h2-9,14-15H,10-13H2,1H3,(H,22,25)/t15-/m0/s1. The van der Waals surface area contributed by atoms with Crippen molar-refractivity contribution in [2.45, 2.75) is 13.0 Å². The van der Waals surface area contributed by atoms with E-state index < -0.39 is 18.0 Å². The Morgan fingerprint density at radius 2 is 1.71 bits per heavy atom. The molecule has 0 aliphatic carbocycles. The molecule has 0 radical (unpaired) electrons. The SMILES string of the molecule is C[C@H](OC(=O)c1ccc(C=O)cc1)C(=O)Nc1ccc(N2CCOCC2)cc1. The van der Waals surface area contributed by atoms with Crippen molar-refractivity contribution < 1.29 is 23.9 Å². The van der Waals surface area contributed by atoms with Crippen LogP contribution in [-0.4, -0.2) is 50.6 Å². The van der Waals surface area contributed by atoms with Gasteiger partial charge in [0.15, 0.2) is 6.10 Å². The molecule has 1 N–H and O–H groups in total. The summed E-state index contributed by atoms with van der Waals surface area (Å²) in [6.45, 7) is 4.60. The molecule has 1 amide bonds. The molecule has 0 bridgehead atoms. The van der Waals surface area contributed by atoms with E-state index in [1.807, 2.05) is 24.3 Å². The van der Waals surface area contributed by atoms with Crippen molar-refractivity contribution in [3.05, 3.63) is 59.7 Å². The summed E-state index contributed by atoms with van der Waals surface area (Å²) in [6.07, 6.45) is -0.271. The van der Waals surface area contributed by atoms with Gasteiger partial charge < -0.3 is 19.7 Å². The minimum Gasteiger partial charge on any atom is -0.449 e. The molecule has 28 heavy (non-hydrogen) atoms. The van der Waals surface area contributed by atoms with E-state index in [0.717, 1.165) is 18.8 Å². The van der Waals surface area contributed by atoms with E-state index in [-0.39, 0.29) is 5.56 Å². The molecule has 3 rings (SSSR count). The summed E-state index contributed by atoms with van der Waals surface area (Å²) in [6, 6.07) is 13.5. The Hall–Kier alpha value is -3.19. The number of carbonyl (C=O) groups is 3. The summed E-state index contributed by atoms with van der Waals surface area (Å²) in [5.74, 6) is -1.04. The van der Waals surface area contributed by atoms with Crippen LogP contribution in [0.3, 0.4) is 0 Å². The lowest BCUT2D eigenvalue weighted by molar-refractivity contribution is -0.123. The van der Waals surface area contributed by atoms with Crippen LogP contribution in [0.5, 0.6) is 0 Å². The maximum absolute atomic E-state index is 12.3. The number of amides is 1. The molecule has 1 saturated heterocycles. The van der Waals surface area contributed by atoms with E-state index in [2.05, 4.69) is 10.2 Å². The van der Waals surface area contributed by atoms with Gasteiger partial charge in [-0.15, -0.1) is 0 Å². The molecule has 1 heterocycles. The molecule has 7 nitrogen and oxygen atoms in total. The molecule has 7 heteroatoms. The first-order valence-electron chi connectivity index (χ1n) is 9.06. The second-order valence-electron chi connectivity index (χ2n) is 6.42. The quantitative estimate of drug-likeness (QED) is 0.610. The van der Waals surface area contributed by atoms with Crippen LogP contribution in [0.1, 0.15) is 27.6 Å². The number of morpholine rings is 1. The van der Waals surface area contributed by atoms with Gasteiger partial charge in [-0.1, -0.05) is 12.1 Å². The van der Waals surface area contributed by atoms with E-state index in [1.54, 1.807) is 0 Å². The zero-order valence-corrected chi connectivity index (χ0v) is 15.6. The van der Waals surface area contributed by atoms with E-state index in [0.29, 0.717) is 30.8 Å². The number of hydrogen-bond donors (Lipinski definition) is 1. The lowest BCUT2D eigenvalue weighted by Crippen LogP contribution is -2.36. The molecule has 2 aromatic carbocycles. The Balaban J connectivity index is 1.54. The Kier molecular flexibility index (Phi) is 6.39. The topological polar surface area (TPSA) is 84.9 Å². The molecule has 0 saturated carbocycles. The zero-order chi connectivity index (χ0) is 19.9. The lowest BCUT2D eigenvalue weighted by atomic mass is 10.1. The number of carbonyl (C=O) groups excluding carboxylic acids is 3. The van der Waals surface area contributed by atoms with Crippen molar-refractivity contribution in [2.75, 3.05) is 36.5 Å². The Bertz CT molecular complexity index is 827. The first-order chi connectivity index (χ1) is 13.6. The van der Waals surface area contributed by atoms with Gasteiger partial charge >= 0.3 is 5.97 Å². The van der Waals surface area contributed by atoms with Gasteiger partial charge in [-0.05, 0) is 43.3 Å². The summed E-state index contributed by atoms with van der Waals surface area (Å²) < 4.78 is 10.5. The molecule has 1 aliphatic rings. The summed E-state index contributed by atoms with van der Waals surface area (Å²) in [5.41, 5.74) is 2.43. The van der Waals surface area contributed by atoms with Crippen LogP contribution in [-0.2, 0) is 14.3 Å². The number of hydrogen-bond acceptors (Lipinski definition) is 6. The van der Waals surface area contributed by atoms with Gasteiger partial charge in [-0.2, -0.15) is 0 Å². The highest BCUT2D eigenvalue weighted by atomic mass is 16.5. The maximum atomic E-state index is 12.3. The molecular formula is C21H22N2O5. The van der Waals surface area contributed by atoms with E-state index in [9.17, 15) is 14.4 Å². The first kappa shape index (κ1) is 19.6. The summed E-state index contributed by atoms with van der Waals surface area (Å²) in [7, 11) is 0.